The van der Waals surface area contributed by atoms with Crippen molar-refractivity contribution >= 4 is 11.6 Å². The molecule has 1 aromatic carbocycles. The molecule has 0 aliphatic rings. The maximum atomic E-state index is 10.6. The summed E-state index contributed by atoms with van der Waals surface area (Å²) in [4.78, 5) is 10.6. The number of unbranched alkanes of at least 4 members (excludes halogenated alkanes) is 2. The molecule has 4 nitrogen and oxygen atoms in total. The van der Waals surface area contributed by atoms with E-state index in [0.29, 0.717) is 11.8 Å². The van der Waals surface area contributed by atoms with Crippen molar-refractivity contribution in [2.75, 3.05) is 11.9 Å². The standard InChI is InChI=1S/C15H24N2O2/c1-3-4-5-6-12(2)17-13-7-9-14(10-8-13)19-11-15(16)18/h7-10,12,17H,3-6,11H2,1-2H3,(H2,16,18). The van der Waals surface area contributed by atoms with Crippen LogP contribution in [0.15, 0.2) is 24.3 Å². The van der Waals surface area contributed by atoms with Crippen LogP contribution in [0.1, 0.15) is 39.5 Å². The monoisotopic (exact) mass is 264 g/mol. The summed E-state index contributed by atoms with van der Waals surface area (Å²) in [6.45, 7) is 4.32. The zero-order valence-electron chi connectivity index (χ0n) is 11.8. The largest absolute Gasteiger partial charge is 0.484 e. The number of hydrogen-bond acceptors (Lipinski definition) is 3. The first kappa shape index (κ1) is 15.3. The van der Waals surface area contributed by atoms with Crippen LogP contribution in [0, 0.1) is 0 Å². The van der Waals surface area contributed by atoms with Crippen LogP contribution in [0.3, 0.4) is 0 Å². The van der Waals surface area contributed by atoms with Crippen LogP contribution in [-0.4, -0.2) is 18.6 Å². The lowest BCUT2D eigenvalue weighted by Crippen LogP contribution is -2.20. The molecule has 0 fully saturated rings. The van der Waals surface area contributed by atoms with Crippen molar-refractivity contribution in [1.29, 1.82) is 0 Å². The Morgan fingerprint density at radius 2 is 2.00 bits per heavy atom. The zero-order valence-corrected chi connectivity index (χ0v) is 11.8. The van der Waals surface area contributed by atoms with E-state index >= 15 is 0 Å². The summed E-state index contributed by atoms with van der Waals surface area (Å²) in [7, 11) is 0. The summed E-state index contributed by atoms with van der Waals surface area (Å²) < 4.78 is 5.20. The normalized spacial score (nSPS) is 11.9. The van der Waals surface area contributed by atoms with Gasteiger partial charge in [-0.3, -0.25) is 4.79 Å². The van der Waals surface area contributed by atoms with Gasteiger partial charge in [0.05, 0.1) is 0 Å². The highest BCUT2D eigenvalue weighted by Crippen LogP contribution is 2.17. The molecule has 3 N–H and O–H groups in total. The second kappa shape index (κ2) is 8.40. The smallest absolute Gasteiger partial charge is 0.255 e. The molecule has 0 bridgehead atoms. The lowest BCUT2D eigenvalue weighted by atomic mass is 10.1. The highest BCUT2D eigenvalue weighted by molar-refractivity contribution is 5.75. The maximum absolute atomic E-state index is 10.6. The van der Waals surface area contributed by atoms with Crippen molar-refractivity contribution in [3.63, 3.8) is 0 Å². The van der Waals surface area contributed by atoms with Gasteiger partial charge in [-0.25, -0.2) is 0 Å². The van der Waals surface area contributed by atoms with Crippen molar-refractivity contribution in [1.82, 2.24) is 0 Å². The summed E-state index contributed by atoms with van der Waals surface area (Å²) in [5.41, 5.74) is 6.08. The third kappa shape index (κ3) is 6.70. The Hall–Kier alpha value is -1.71. The van der Waals surface area contributed by atoms with Gasteiger partial charge in [0.15, 0.2) is 6.61 Å². The molecule has 0 aliphatic heterocycles. The minimum Gasteiger partial charge on any atom is -0.484 e. The Morgan fingerprint density at radius 1 is 1.32 bits per heavy atom. The fourth-order valence-corrected chi connectivity index (χ4v) is 1.86. The number of ether oxygens (including phenoxy) is 1. The Balaban J connectivity index is 2.36. The third-order valence-corrected chi connectivity index (χ3v) is 2.89. The van der Waals surface area contributed by atoms with Gasteiger partial charge in [0.1, 0.15) is 5.75 Å². The molecule has 1 aromatic rings. The molecule has 106 valence electrons. The maximum Gasteiger partial charge on any atom is 0.255 e. The first-order valence-corrected chi connectivity index (χ1v) is 6.89. The van der Waals surface area contributed by atoms with E-state index in [9.17, 15) is 4.79 Å². The summed E-state index contributed by atoms with van der Waals surface area (Å²) in [6.07, 6.45) is 4.96. The first-order valence-electron chi connectivity index (χ1n) is 6.89. The van der Waals surface area contributed by atoms with Gasteiger partial charge in [-0.15, -0.1) is 0 Å². The highest BCUT2D eigenvalue weighted by atomic mass is 16.5. The van der Waals surface area contributed by atoms with Crippen LogP contribution in [0.4, 0.5) is 5.69 Å². The molecular weight excluding hydrogens is 240 g/mol. The molecule has 1 atom stereocenters. The number of carbonyl (C=O) groups is 1. The van der Waals surface area contributed by atoms with Crippen molar-refractivity contribution in [2.24, 2.45) is 5.73 Å². The van der Waals surface area contributed by atoms with E-state index in [0.717, 1.165) is 5.69 Å². The van der Waals surface area contributed by atoms with Crippen LogP contribution in [-0.2, 0) is 4.79 Å². The molecule has 0 radical (unpaired) electrons. The number of rotatable bonds is 9. The number of hydrogen-bond donors (Lipinski definition) is 2. The number of benzene rings is 1. The van der Waals surface area contributed by atoms with E-state index in [2.05, 4.69) is 19.2 Å². The Morgan fingerprint density at radius 3 is 2.58 bits per heavy atom. The second-order valence-electron chi connectivity index (χ2n) is 4.82. The summed E-state index contributed by atoms with van der Waals surface area (Å²) >= 11 is 0. The molecule has 4 heteroatoms. The van der Waals surface area contributed by atoms with Crippen LogP contribution in [0.5, 0.6) is 5.75 Å². The van der Waals surface area contributed by atoms with Gasteiger partial charge in [-0.1, -0.05) is 26.2 Å². The van der Waals surface area contributed by atoms with Gasteiger partial charge in [0.25, 0.3) is 5.91 Å². The molecule has 0 saturated carbocycles. The number of nitrogens with two attached hydrogens (primary N) is 1. The molecule has 1 unspecified atom stereocenters. The van der Waals surface area contributed by atoms with Crippen LogP contribution in [0.25, 0.3) is 0 Å². The fraction of sp³-hybridized carbons (Fsp3) is 0.533. The van der Waals surface area contributed by atoms with Gasteiger partial charge in [0, 0.05) is 11.7 Å². The number of anilines is 1. The Kier molecular flexibility index (Phi) is 6.79. The van der Waals surface area contributed by atoms with Crippen LogP contribution < -0.4 is 15.8 Å². The summed E-state index contributed by atoms with van der Waals surface area (Å²) in [5.74, 6) is 0.190. The zero-order chi connectivity index (χ0) is 14.1. The number of primary amides is 1. The molecule has 0 aliphatic carbocycles. The molecular formula is C15H24N2O2. The Labute approximate surface area is 115 Å². The number of carbonyl (C=O) groups excluding carboxylic acids is 1. The van der Waals surface area contributed by atoms with Crippen molar-refractivity contribution in [2.45, 2.75) is 45.6 Å². The molecule has 1 rings (SSSR count). The minimum absolute atomic E-state index is 0.0831. The highest BCUT2D eigenvalue weighted by Gasteiger charge is 2.02. The number of amides is 1. The van der Waals surface area contributed by atoms with Gasteiger partial charge < -0.3 is 15.8 Å². The van der Waals surface area contributed by atoms with Gasteiger partial charge in [-0.05, 0) is 37.6 Å². The third-order valence-electron chi connectivity index (χ3n) is 2.89. The van der Waals surface area contributed by atoms with E-state index in [1.807, 2.05) is 24.3 Å². The predicted octanol–water partition coefficient (Wildman–Crippen LogP) is 2.93. The van der Waals surface area contributed by atoms with Crippen molar-refractivity contribution in [3.05, 3.63) is 24.3 Å². The molecule has 0 aromatic heterocycles. The first-order chi connectivity index (χ1) is 9.11. The van der Waals surface area contributed by atoms with Gasteiger partial charge in [0.2, 0.25) is 0 Å². The SMILES string of the molecule is CCCCCC(C)Nc1ccc(OCC(N)=O)cc1. The second-order valence-corrected chi connectivity index (χ2v) is 4.82. The molecule has 0 spiro atoms. The lowest BCUT2D eigenvalue weighted by molar-refractivity contribution is -0.119. The van der Waals surface area contributed by atoms with Crippen LogP contribution in [0.2, 0.25) is 0 Å². The quantitative estimate of drug-likeness (QED) is 0.674. The average Bonchev–Trinajstić information content (AvgIpc) is 2.38. The van der Waals surface area contributed by atoms with Crippen LogP contribution >= 0.6 is 0 Å². The predicted molar refractivity (Wildman–Crippen MR) is 78.4 cm³/mol. The van der Waals surface area contributed by atoms with E-state index in [4.69, 9.17) is 10.5 Å². The van der Waals surface area contributed by atoms with Crippen molar-refractivity contribution < 1.29 is 9.53 Å². The lowest BCUT2D eigenvalue weighted by Gasteiger charge is -2.15. The molecule has 19 heavy (non-hydrogen) atoms. The average molecular weight is 264 g/mol. The Bertz CT molecular complexity index is 376. The molecule has 0 saturated heterocycles. The summed E-state index contributed by atoms with van der Waals surface area (Å²) in [6, 6.07) is 8.04. The van der Waals surface area contributed by atoms with E-state index in [1.54, 1.807) is 0 Å². The minimum atomic E-state index is -0.466. The van der Waals surface area contributed by atoms with E-state index in [-0.39, 0.29) is 6.61 Å². The summed E-state index contributed by atoms with van der Waals surface area (Å²) in [5, 5.41) is 3.45. The molecule has 1 amide bonds. The van der Waals surface area contributed by atoms with Gasteiger partial charge in [-0.2, -0.15) is 0 Å². The van der Waals surface area contributed by atoms with E-state index < -0.39 is 5.91 Å². The van der Waals surface area contributed by atoms with Gasteiger partial charge >= 0.3 is 0 Å². The topological polar surface area (TPSA) is 64.3 Å². The number of nitrogens with one attached hydrogen (secondary N) is 1. The van der Waals surface area contributed by atoms with E-state index in [1.165, 1.54) is 25.7 Å². The fourth-order valence-electron chi connectivity index (χ4n) is 1.86. The van der Waals surface area contributed by atoms with Crippen molar-refractivity contribution in [3.8, 4) is 5.75 Å². The molecule has 0 heterocycles.